The van der Waals surface area contributed by atoms with E-state index >= 15 is 14.4 Å². The number of halogens is 2. The van der Waals surface area contributed by atoms with Gasteiger partial charge in [-0.3, -0.25) is 33.6 Å². The molecular formula is C78H89Cl2N9O27. The first-order valence-corrected chi connectivity index (χ1v) is 37.4. The standard InChI is InChI=1S/C78H89Cl2N9O27/c1-31(2)18-44(82-6)69(100)88-60-62(95)36-13-16-48(42(79)20-36)112-50-22-38-23-51(66(50)116-77-67(65(98)64(97)53(29-90)114-77)115-55-27-78(5,68(99)33(4)111-55)83-28-52(76(108)109-7)110-30-34-10-8-32(3)9-11-34)113-49-17-14-37(21-43(49)80)63(96)61-74(105)87-59(75(106)107)41-24-39(91)25-47(93)56(41)40-19-35(12-15-46(40)92)57(71(102)89-61)86-72(103)58(38)85-70(101)45(26-54(81)94)84-73(60)104/h8-17,19-25,31,33,44-45,52-53,55,57-65,67-68,77,82-83,90-93,95-99H,18,26-30H2,1-7H3,(H2,81,94)(H,84,104)(H,85,101)(H,86,103)(H,87,105)(H,88,100)(H,89,102)(H,106,107)/t33?,44-,45?,52?,53?,55?,57?,58?,59?,60+,61+,62?,63-,64?,65?,67?,68?,77?,78?/m1/s1. The number of fused-ring (bicyclic) bond motifs is 15. The van der Waals surface area contributed by atoms with E-state index in [1.54, 1.807) is 6.92 Å². The van der Waals surface area contributed by atoms with Gasteiger partial charge >= 0.3 is 11.9 Å². The van der Waals surface area contributed by atoms with E-state index in [1.165, 1.54) is 33.2 Å². The third-order valence-electron chi connectivity index (χ3n) is 20.5. The van der Waals surface area contributed by atoms with Crippen molar-refractivity contribution in [2.75, 3.05) is 27.3 Å². The molecule has 7 aliphatic rings. The number of amides is 7. The van der Waals surface area contributed by atoms with Gasteiger partial charge in [-0.25, -0.2) is 9.59 Å². The number of hydrogen-bond donors (Lipinski definition) is 19. The fourth-order valence-electron chi connectivity index (χ4n) is 14.2. The van der Waals surface area contributed by atoms with Crippen LogP contribution in [0.1, 0.15) is 116 Å². The zero-order valence-electron chi connectivity index (χ0n) is 63.3. The minimum absolute atomic E-state index is 0.0201. The van der Waals surface area contributed by atoms with Crippen LogP contribution < -0.4 is 62.5 Å². The van der Waals surface area contributed by atoms with Gasteiger partial charge in [0.05, 0.1) is 55.0 Å². The minimum Gasteiger partial charge on any atom is -0.508 e. The van der Waals surface area contributed by atoms with E-state index in [-0.39, 0.29) is 59.4 Å². The molecule has 36 nitrogen and oxygen atoms in total. The topological polar surface area (TPSA) is 552 Å². The van der Waals surface area contributed by atoms with E-state index in [0.717, 1.165) is 77.9 Å². The fourth-order valence-corrected chi connectivity index (χ4v) is 14.6. The molecule has 20 N–H and O–H groups in total. The minimum atomic E-state index is -2.39. The average molecular weight is 1660 g/mol. The van der Waals surface area contributed by atoms with Crippen LogP contribution in [0.25, 0.3) is 11.1 Å². The van der Waals surface area contributed by atoms with Crippen LogP contribution in [0.3, 0.4) is 0 Å². The number of carboxylic acid groups (broad SMARTS) is 1. The van der Waals surface area contributed by atoms with Crippen molar-refractivity contribution < 1.29 is 132 Å². The van der Waals surface area contributed by atoms with Crippen molar-refractivity contribution in [1.82, 2.24) is 42.5 Å². The third-order valence-corrected chi connectivity index (χ3v) is 21.1. The highest BCUT2D eigenvalue weighted by Crippen LogP contribution is 2.50. The number of phenols is 3. The summed E-state index contributed by atoms with van der Waals surface area (Å²) in [6, 6.07) is 6.37. The summed E-state index contributed by atoms with van der Waals surface area (Å²) in [5.74, 6) is -17.1. The molecule has 116 heavy (non-hydrogen) atoms. The van der Waals surface area contributed by atoms with Crippen molar-refractivity contribution in [3.63, 3.8) is 0 Å². The second kappa shape index (κ2) is 36.3. The number of aliphatic carboxylic acids is 1. The average Bonchev–Trinajstić information content (AvgIpc) is 0.763. The molecule has 7 aliphatic heterocycles. The van der Waals surface area contributed by atoms with Crippen LogP contribution in [0.4, 0.5) is 0 Å². The second-order valence-electron chi connectivity index (χ2n) is 29.3. The number of ether oxygens (including phenoxy) is 8. The first-order valence-electron chi connectivity index (χ1n) is 36.6. The maximum Gasteiger partial charge on any atom is 0.336 e. The first kappa shape index (κ1) is 86.3. The van der Waals surface area contributed by atoms with Crippen LogP contribution in [-0.2, 0) is 73.4 Å². The van der Waals surface area contributed by atoms with Crippen molar-refractivity contribution in [1.29, 1.82) is 0 Å². The molecule has 2 saturated heterocycles. The number of rotatable bonds is 20. The van der Waals surface area contributed by atoms with E-state index in [4.69, 9.17) is 66.8 Å². The molecule has 7 amide bonds. The smallest absolute Gasteiger partial charge is 0.336 e. The summed E-state index contributed by atoms with van der Waals surface area (Å²) in [4.78, 5) is 131. The van der Waals surface area contributed by atoms with Crippen LogP contribution in [0.15, 0.2) is 103 Å². The number of phenolic OH excluding ortho intramolecular Hbond substituents is 3. The molecule has 0 spiro atoms. The van der Waals surface area contributed by atoms with Crippen molar-refractivity contribution in [3.05, 3.63) is 152 Å². The molecule has 0 radical (unpaired) electrons. The number of nitrogens with two attached hydrogens (primary N) is 1. The summed E-state index contributed by atoms with van der Waals surface area (Å²) in [6.07, 6.45) is -20.8. The molecule has 2 fully saturated rings. The number of nitrogens with one attached hydrogen (secondary N) is 8. The molecular weight excluding hydrogens is 1570 g/mol. The Morgan fingerprint density at radius 1 is 0.707 bits per heavy atom. The molecule has 6 aromatic carbocycles. The Labute approximate surface area is 672 Å². The highest BCUT2D eigenvalue weighted by Gasteiger charge is 2.53. The maximum absolute atomic E-state index is 16.2. The predicted molar refractivity (Wildman–Crippen MR) is 405 cm³/mol. The third kappa shape index (κ3) is 19.1. The van der Waals surface area contributed by atoms with Gasteiger partial charge in [0, 0.05) is 41.3 Å². The van der Waals surface area contributed by atoms with Crippen LogP contribution in [-0.4, -0.2) is 217 Å². The maximum atomic E-state index is 16.2. The van der Waals surface area contributed by atoms with E-state index in [1.807, 2.05) is 45.0 Å². The Morgan fingerprint density at radius 2 is 1.33 bits per heavy atom. The number of hydrogen-bond acceptors (Lipinski definition) is 28. The van der Waals surface area contributed by atoms with E-state index in [2.05, 4.69) is 42.5 Å². The molecule has 19 atom stereocenters. The van der Waals surface area contributed by atoms with E-state index < -0.39 is 249 Å². The Kier molecular flexibility index (Phi) is 27.0. The number of methoxy groups -OCH3 is 1. The summed E-state index contributed by atoms with van der Waals surface area (Å²) in [7, 11) is 2.64. The largest absolute Gasteiger partial charge is 0.508 e. The zero-order chi connectivity index (χ0) is 84.2. The summed E-state index contributed by atoms with van der Waals surface area (Å²) in [6.45, 7) is 7.31. The summed E-state index contributed by atoms with van der Waals surface area (Å²) in [5, 5.41) is 136. The van der Waals surface area contributed by atoms with Gasteiger partial charge in [-0.2, -0.15) is 0 Å². The zero-order valence-corrected chi connectivity index (χ0v) is 64.8. The summed E-state index contributed by atoms with van der Waals surface area (Å²) in [5.41, 5.74) is 3.06. The monoisotopic (exact) mass is 1650 g/mol. The molecule has 622 valence electrons. The number of aliphatic hydroxyl groups excluding tert-OH is 6. The van der Waals surface area contributed by atoms with Gasteiger partial charge in [-0.05, 0) is 123 Å². The van der Waals surface area contributed by atoms with Crippen molar-refractivity contribution >= 4 is 76.5 Å². The Balaban J connectivity index is 1.11. The number of aromatic hydroxyl groups is 3. The number of carbonyl (C=O) groups is 9. The molecule has 11 bridgehead atoms. The second-order valence-corrected chi connectivity index (χ2v) is 30.1. The lowest BCUT2D eigenvalue weighted by Gasteiger charge is -2.48. The number of benzene rings is 6. The van der Waals surface area contributed by atoms with Crippen molar-refractivity contribution in [2.24, 2.45) is 11.7 Å². The lowest BCUT2D eigenvalue weighted by molar-refractivity contribution is -0.334. The Hall–Kier alpha value is -10.5. The predicted octanol–water partition coefficient (Wildman–Crippen LogP) is 1.80. The summed E-state index contributed by atoms with van der Waals surface area (Å²) >= 11 is 14.3. The number of esters is 1. The van der Waals surface area contributed by atoms with Crippen LogP contribution in [0.2, 0.25) is 10.0 Å². The van der Waals surface area contributed by atoms with Gasteiger partial charge in [0.15, 0.2) is 36.0 Å². The van der Waals surface area contributed by atoms with Gasteiger partial charge in [0.2, 0.25) is 53.4 Å². The quantitative estimate of drug-likeness (QED) is 0.0485. The number of likely N-dealkylation sites (N-methyl/N-ethyl adjacent to an activating group) is 1. The lowest BCUT2D eigenvalue weighted by atomic mass is 9.84. The van der Waals surface area contributed by atoms with Gasteiger partial charge in [-0.1, -0.05) is 85.1 Å². The molecule has 6 aromatic rings. The SMILES string of the molecule is CN[C@H](CC(C)C)C(=O)N[C@@H]1C(=O)NC(CC(N)=O)C(=O)NC2C(=O)NC3C(=O)N[C@H](C(=O)NC(C(=O)O)c4cc(O)cc(O)c4-c4cc3ccc4O)[C@H](O)c3ccc(c(Cl)c3)Oc3cc2cc(c3OC2OC(CO)C(O)C(O)C2OC2CC(C)(NCC(OCc3ccc(C)cc3)C(=O)OC)C(O)C(C)O2)Oc2ccc(cc2Cl)C1O. The highest BCUT2D eigenvalue weighted by molar-refractivity contribution is 6.32. The Bertz CT molecular complexity index is 4740. The van der Waals surface area contributed by atoms with Crippen LogP contribution in [0, 0.1) is 12.8 Å². The summed E-state index contributed by atoms with van der Waals surface area (Å²) < 4.78 is 50.4. The van der Waals surface area contributed by atoms with Crippen LogP contribution >= 0.6 is 23.2 Å². The van der Waals surface area contributed by atoms with Crippen molar-refractivity contribution in [2.45, 2.75) is 176 Å². The van der Waals surface area contributed by atoms with Crippen molar-refractivity contribution in [3.8, 4) is 57.1 Å². The normalized spacial score (nSPS) is 27.4. The molecule has 38 heteroatoms. The van der Waals surface area contributed by atoms with Crippen LogP contribution in [0.5, 0.6) is 46.0 Å². The molecule has 0 aliphatic carbocycles. The molecule has 0 aromatic heterocycles. The van der Waals surface area contributed by atoms with E-state index in [0.29, 0.717) is 0 Å². The van der Waals surface area contributed by atoms with Gasteiger partial charge in [0.1, 0.15) is 89.5 Å². The fraction of sp³-hybridized carbons (Fsp3) is 0.423. The number of carboxylic acids is 1. The van der Waals surface area contributed by atoms with E-state index in [9.17, 15) is 79.8 Å². The Morgan fingerprint density at radius 3 is 1.93 bits per heavy atom. The number of primary amides is 1. The molecule has 13 rings (SSSR count). The van der Waals surface area contributed by atoms with Gasteiger partial charge in [-0.15, -0.1) is 0 Å². The van der Waals surface area contributed by atoms with Gasteiger partial charge < -0.3 is 137 Å². The number of aryl methyl sites for hydroxylation is 1. The molecule has 0 saturated carbocycles. The first-order chi connectivity index (χ1) is 55.0. The number of carbonyl (C=O) groups excluding carboxylic acids is 8. The number of aliphatic hydroxyl groups is 6. The molecule has 15 unspecified atom stereocenters. The van der Waals surface area contributed by atoms with Gasteiger partial charge in [0.25, 0.3) is 0 Å². The highest BCUT2D eigenvalue weighted by atomic mass is 35.5. The lowest BCUT2D eigenvalue weighted by Crippen LogP contribution is -2.66. The molecule has 7 heterocycles.